The molecular weight excluding hydrogens is 378 g/mol. The normalized spacial score (nSPS) is 16.1. The fraction of sp³-hybridized carbons (Fsp3) is 0.526. The second-order valence-electron chi connectivity index (χ2n) is 6.66. The second kappa shape index (κ2) is 8.99. The van der Waals surface area contributed by atoms with Crippen molar-refractivity contribution in [3.8, 4) is 5.75 Å². The van der Waals surface area contributed by atoms with Crippen LogP contribution in [-0.2, 0) is 14.3 Å². The molecule has 0 aromatic heterocycles. The van der Waals surface area contributed by atoms with E-state index < -0.39 is 36.2 Å². The van der Waals surface area contributed by atoms with Gasteiger partial charge in [0.2, 0.25) is 0 Å². The maximum absolute atomic E-state index is 12.9. The third-order valence-electron chi connectivity index (χ3n) is 4.70. The van der Waals surface area contributed by atoms with E-state index in [9.17, 15) is 23.2 Å². The molecule has 154 valence electrons. The molecule has 1 aliphatic carbocycles. The van der Waals surface area contributed by atoms with Gasteiger partial charge < -0.3 is 19.3 Å². The monoisotopic (exact) mass is 400 g/mol. The molecule has 1 aromatic carbocycles. The Morgan fingerprint density at radius 3 is 2.25 bits per heavy atom. The maximum atomic E-state index is 12.9. The molecule has 0 saturated heterocycles. The summed E-state index contributed by atoms with van der Waals surface area (Å²) < 4.78 is 40.8. The molecule has 9 heteroatoms. The zero-order valence-corrected chi connectivity index (χ0v) is 15.4. The van der Waals surface area contributed by atoms with Crippen molar-refractivity contribution in [1.29, 1.82) is 0 Å². The lowest BCUT2D eigenvalue weighted by Gasteiger charge is -2.35. The fourth-order valence-corrected chi connectivity index (χ4v) is 2.98. The van der Waals surface area contributed by atoms with Crippen LogP contribution in [0.3, 0.4) is 0 Å². The van der Waals surface area contributed by atoms with Gasteiger partial charge >= 0.3 is 24.0 Å². The van der Waals surface area contributed by atoms with Crippen molar-refractivity contribution in [3.63, 3.8) is 0 Å². The van der Waals surface area contributed by atoms with E-state index in [-0.39, 0.29) is 11.3 Å². The summed E-state index contributed by atoms with van der Waals surface area (Å²) >= 11 is 0. The Hall–Kier alpha value is -2.71. The number of rotatable bonds is 7. The third kappa shape index (κ3) is 5.64. The number of ether oxygens (including phenoxy) is 3. The first kappa shape index (κ1) is 21.6. The SMILES string of the molecule is CCC1(OC(=O)Oc2ccc(C(=O)OCC(F)(F)C(=O)O)cc2)CCCCC1. The van der Waals surface area contributed by atoms with Crippen LogP contribution in [0.5, 0.6) is 5.75 Å². The number of carboxylic acids is 1. The highest BCUT2D eigenvalue weighted by molar-refractivity contribution is 5.90. The standard InChI is InChI=1S/C19H22F2O7/c1-2-18(10-4-3-5-11-18)28-17(25)27-14-8-6-13(7-9-14)15(22)26-12-19(20,21)16(23)24/h6-9H,2-5,10-12H2,1H3,(H,23,24). The molecule has 0 heterocycles. The predicted octanol–water partition coefficient (Wildman–Crippen LogP) is 4.19. The van der Waals surface area contributed by atoms with Crippen LogP contribution in [0.2, 0.25) is 0 Å². The van der Waals surface area contributed by atoms with Gasteiger partial charge in [0.05, 0.1) is 5.56 Å². The lowest BCUT2D eigenvalue weighted by molar-refractivity contribution is -0.170. The molecule has 0 aliphatic heterocycles. The van der Waals surface area contributed by atoms with Gasteiger partial charge in [0, 0.05) is 0 Å². The highest BCUT2D eigenvalue weighted by atomic mass is 19.3. The van der Waals surface area contributed by atoms with Crippen LogP contribution in [0, 0.1) is 0 Å². The first-order chi connectivity index (χ1) is 13.2. The van der Waals surface area contributed by atoms with Gasteiger partial charge in [-0.2, -0.15) is 8.78 Å². The molecule has 0 radical (unpaired) electrons. The van der Waals surface area contributed by atoms with Gasteiger partial charge in [0.1, 0.15) is 11.4 Å². The topological polar surface area (TPSA) is 99.1 Å². The molecule has 1 N–H and O–H groups in total. The number of carbonyl (C=O) groups excluding carboxylic acids is 2. The fourth-order valence-electron chi connectivity index (χ4n) is 2.98. The Kier molecular flexibility index (Phi) is 6.93. The van der Waals surface area contributed by atoms with Gasteiger partial charge in [0.15, 0.2) is 6.61 Å². The zero-order valence-electron chi connectivity index (χ0n) is 15.4. The molecule has 1 aliphatic rings. The average Bonchev–Trinajstić information content (AvgIpc) is 2.67. The minimum atomic E-state index is -4.17. The first-order valence-corrected chi connectivity index (χ1v) is 8.97. The Morgan fingerprint density at radius 1 is 1.11 bits per heavy atom. The summed E-state index contributed by atoms with van der Waals surface area (Å²) in [6, 6.07) is 4.99. The Bertz CT molecular complexity index is 709. The Morgan fingerprint density at radius 2 is 1.71 bits per heavy atom. The summed E-state index contributed by atoms with van der Waals surface area (Å²) in [7, 11) is 0. The molecule has 2 rings (SSSR count). The second-order valence-corrected chi connectivity index (χ2v) is 6.66. The Balaban J connectivity index is 1.90. The van der Waals surface area contributed by atoms with Crippen LogP contribution in [0.15, 0.2) is 24.3 Å². The van der Waals surface area contributed by atoms with Crippen molar-refractivity contribution in [2.45, 2.75) is 57.0 Å². The lowest BCUT2D eigenvalue weighted by Crippen LogP contribution is -2.37. The summed E-state index contributed by atoms with van der Waals surface area (Å²) in [6.07, 6.45) is 4.48. The summed E-state index contributed by atoms with van der Waals surface area (Å²) in [5.74, 6) is -7.57. The largest absolute Gasteiger partial charge is 0.514 e. The number of alkyl halides is 2. The minimum Gasteiger partial charge on any atom is -0.477 e. The number of hydrogen-bond donors (Lipinski definition) is 1. The van der Waals surface area contributed by atoms with Crippen LogP contribution in [0.4, 0.5) is 13.6 Å². The van der Waals surface area contributed by atoms with E-state index in [1.54, 1.807) is 0 Å². The number of aliphatic carboxylic acids is 1. The predicted molar refractivity (Wildman–Crippen MR) is 92.5 cm³/mol. The van der Waals surface area contributed by atoms with E-state index in [2.05, 4.69) is 4.74 Å². The van der Waals surface area contributed by atoms with Gasteiger partial charge in [-0.15, -0.1) is 0 Å². The number of hydrogen-bond acceptors (Lipinski definition) is 6. The van der Waals surface area contributed by atoms with Crippen LogP contribution >= 0.6 is 0 Å². The summed E-state index contributed by atoms with van der Waals surface area (Å²) in [5.41, 5.74) is -0.617. The van der Waals surface area contributed by atoms with Gasteiger partial charge in [-0.3, -0.25) is 0 Å². The summed E-state index contributed by atoms with van der Waals surface area (Å²) in [6.45, 7) is 0.373. The van der Waals surface area contributed by atoms with Crippen molar-refractivity contribution in [3.05, 3.63) is 29.8 Å². The zero-order chi connectivity index (χ0) is 20.8. The van der Waals surface area contributed by atoms with Gasteiger partial charge in [0.25, 0.3) is 0 Å². The molecule has 7 nitrogen and oxygen atoms in total. The lowest BCUT2D eigenvalue weighted by atomic mass is 9.83. The van der Waals surface area contributed by atoms with E-state index >= 15 is 0 Å². The molecule has 0 amide bonds. The van der Waals surface area contributed by atoms with E-state index in [4.69, 9.17) is 14.6 Å². The molecule has 0 bridgehead atoms. The Labute approximate surface area is 160 Å². The van der Waals surface area contributed by atoms with E-state index in [0.717, 1.165) is 32.1 Å². The van der Waals surface area contributed by atoms with Crippen molar-refractivity contribution in [2.24, 2.45) is 0 Å². The van der Waals surface area contributed by atoms with Crippen LogP contribution in [-0.4, -0.2) is 41.3 Å². The summed E-state index contributed by atoms with van der Waals surface area (Å²) in [4.78, 5) is 34.1. The van der Waals surface area contributed by atoms with E-state index in [1.807, 2.05) is 6.92 Å². The van der Waals surface area contributed by atoms with E-state index in [1.165, 1.54) is 24.3 Å². The van der Waals surface area contributed by atoms with Crippen molar-refractivity contribution in [1.82, 2.24) is 0 Å². The average molecular weight is 400 g/mol. The van der Waals surface area contributed by atoms with Crippen LogP contribution in [0.1, 0.15) is 55.8 Å². The van der Waals surface area contributed by atoms with Crippen molar-refractivity contribution >= 4 is 18.1 Å². The first-order valence-electron chi connectivity index (χ1n) is 8.97. The molecular formula is C19H22F2O7. The smallest absolute Gasteiger partial charge is 0.477 e. The van der Waals surface area contributed by atoms with Crippen LogP contribution in [0.25, 0.3) is 0 Å². The molecule has 28 heavy (non-hydrogen) atoms. The number of halogens is 2. The molecule has 0 atom stereocenters. The number of esters is 1. The molecule has 0 spiro atoms. The highest BCUT2D eigenvalue weighted by Gasteiger charge is 2.40. The summed E-state index contributed by atoms with van der Waals surface area (Å²) in [5, 5.41) is 8.30. The highest BCUT2D eigenvalue weighted by Crippen LogP contribution is 2.34. The molecule has 0 unspecified atom stereocenters. The van der Waals surface area contributed by atoms with Crippen molar-refractivity contribution in [2.75, 3.05) is 6.61 Å². The molecule has 1 aromatic rings. The van der Waals surface area contributed by atoms with Crippen molar-refractivity contribution < 1.29 is 42.5 Å². The minimum absolute atomic E-state index is 0.0979. The van der Waals surface area contributed by atoms with Gasteiger partial charge in [-0.05, 0) is 56.4 Å². The maximum Gasteiger partial charge on any atom is 0.514 e. The van der Waals surface area contributed by atoms with E-state index in [0.29, 0.717) is 6.42 Å². The molecule has 1 saturated carbocycles. The van der Waals surface area contributed by atoms with Gasteiger partial charge in [-0.25, -0.2) is 14.4 Å². The quantitative estimate of drug-likeness (QED) is 0.541. The third-order valence-corrected chi connectivity index (χ3v) is 4.70. The number of benzene rings is 1. The molecule has 1 fully saturated rings. The number of carboxylic acid groups (broad SMARTS) is 1. The number of carbonyl (C=O) groups is 3. The van der Waals surface area contributed by atoms with Crippen LogP contribution < -0.4 is 4.74 Å². The van der Waals surface area contributed by atoms with Gasteiger partial charge in [-0.1, -0.05) is 13.3 Å².